The minimum absolute atomic E-state index is 0.177. The Morgan fingerprint density at radius 2 is 1.76 bits per heavy atom. The van der Waals surface area contributed by atoms with Gasteiger partial charge in [-0.1, -0.05) is 29.8 Å². The summed E-state index contributed by atoms with van der Waals surface area (Å²) in [4.78, 5) is 48.1. The predicted octanol–water partition coefficient (Wildman–Crippen LogP) is 2.00. The Hall–Kier alpha value is -3.39. The van der Waals surface area contributed by atoms with Crippen LogP contribution in [0.4, 0.5) is 5.69 Å². The molecule has 0 aromatic heterocycles. The van der Waals surface area contributed by atoms with Gasteiger partial charge in [-0.2, -0.15) is 0 Å². The Morgan fingerprint density at radius 3 is 2.45 bits per heavy atom. The normalized spacial score (nSPS) is 11.1. The van der Waals surface area contributed by atoms with Crippen LogP contribution in [0.5, 0.6) is 0 Å². The number of rotatable bonds is 7. The Labute approximate surface area is 172 Å². The predicted molar refractivity (Wildman–Crippen MR) is 108 cm³/mol. The Balaban J connectivity index is 2.02. The fraction of sp³-hybridized carbons (Fsp3) is 0.200. The molecule has 0 aliphatic rings. The molecule has 152 valence electrons. The maximum atomic E-state index is 12.5. The Kier molecular flexibility index (Phi) is 7.73. The summed E-state index contributed by atoms with van der Waals surface area (Å²) in [6.45, 7) is 1.11. The van der Waals surface area contributed by atoms with Gasteiger partial charge in [-0.05, 0) is 37.3 Å². The highest BCUT2D eigenvalue weighted by Gasteiger charge is 2.18. The summed E-state index contributed by atoms with van der Waals surface area (Å²) in [5.74, 6) is -2.15. The van der Waals surface area contributed by atoms with Crippen LogP contribution in [0, 0.1) is 0 Å². The van der Waals surface area contributed by atoms with Gasteiger partial charge in [-0.3, -0.25) is 14.4 Å². The number of nitrogens with one attached hydrogen (secondary N) is 3. The van der Waals surface area contributed by atoms with Crippen LogP contribution >= 0.6 is 11.6 Å². The number of para-hydroxylation sites is 1. The van der Waals surface area contributed by atoms with Gasteiger partial charge in [-0.25, -0.2) is 4.79 Å². The van der Waals surface area contributed by atoms with E-state index in [1.54, 1.807) is 36.4 Å². The van der Waals surface area contributed by atoms with Gasteiger partial charge >= 0.3 is 5.97 Å². The van der Waals surface area contributed by atoms with Crippen molar-refractivity contribution in [3.63, 3.8) is 0 Å². The van der Waals surface area contributed by atoms with Gasteiger partial charge in [0.15, 0.2) is 0 Å². The Morgan fingerprint density at radius 1 is 1.03 bits per heavy atom. The number of methoxy groups -OCH3 is 1. The number of ether oxygens (including phenoxy) is 1. The molecule has 3 amide bonds. The number of carbonyl (C=O) groups is 4. The molecule has 2 aromatic rings. The van der Waals surface area contributed by atoms with Gasteiger partial charge < -0.3 is 20.7 Å². The lowest BCUT2D eigenvalue weighted by molar-refractivity contribution is -0.144. The summed E-state index contributed by atoms with van der Waals surface area (Å²) in [6, 6.07) is 11.9. The molecule has 3 N–H and O–H groups in total. The highest BCUT2D eigenvalue weighted by Crippen LogP contribution is 2.17. The van der Waals surface area contributed by atoms with Crippen LogP contribution < -0.4 is 16.0 Å². The van der Waals surface area contributed by atoms with Gasteiger partial charge in [0, 0.05) is 10.6 Å². The van der Waals surface area contributed by atoms with Crippen molar-refractivity contribution in [2.24, 2.45) is 0 Å². The maximum Gasteiger partial charge on any atom is 0.328 e. The summed E-state index contributed by atoms with van der Waals surface area (Å²) in [7, 11) is 1.21. The van der Waals surface area contributed by atoms with E-state index in [1.165, 1.54) is 26.2 Å². The molecule has 0 aliphatic carbocycles. The lowest BCUT2D eigenvalue weighted by Crippen LogP contribution is -2.44. The second-order valence-electron chi connectivity index (χ2n) is 6.01. The number of esters is 1. The molecule has 0 aliphatic heterocycles. The summed E-state index contributed by atoms with van der Waals surface area (Å²) < 4.78 is 4.51. The third-order valence-corrected chi connectivity index (χ3v) is 4.08. The number of hydrogen-bond donors (Lipinski definition) is 3. The van der Waals surface area contributed by atoms with Crippen molar-refractivity contribution < 1.29 is 23.9 Å². The zero-order valence-corrected chi connectivity index (χ0v) is 16.6. The van der Waals surface area contributed by atoms with Crippen LogP contribution in [0.25, 0.3) is 0 Å². The highest BCUT2D eigenvalue weighted by molar-refractivity contribution is 6.31. The molecule has 1 unspecified atom stereocenters. The molecule has 0 spiro atoms. The van der Waals surface area contributed by atoms with E-state index >= 15 is 0 Å². The summed E-state index contributed by atoms with van der Waals surface area (Å²) >= 11 is 5.90. The van der Waals surface area contributed by atoms with Crippen molar-refractivity contribution in [1.29, 1.82) is 0 Å². The number of anilines is 1. The van der Waals surface area contributed by atoms with Gasteiger partial charge in [-0.15, -0.1) is 0 Å². The molecule has 9 heteroatoms. The largest absolute Gasteiger partial charge is 0.467 e. The van der Waals surface area contributed by atoms with Crippen LogP contribution in [0.15, 0.2) is 48.5 Å². The van der Waals surface area contributed by atoms with E-state index in [-0.39, 0.29) is 17.8 Å². The number of amides is 3. The molecule has 0 bridgehead atoms. The van der Waals surface area contributed by atoms with Crippen molar-refractivity contribution in [3.05, 3.63) is 64.7 Å². The first kappa shape index (κ1) is 21.9. The molecule has 2 rings (SSSR count). The van der Waals surface area contributed by atoms with Crippen molar-refractivity contribution in [2.75, 3.05) is 19.0 Å². The maximum absolute atomic E-state index is 12.5. The quantitative estimate of drug-likeness (QED) is 0.596. The first-order chi connectivity index (χ1) is 13.8. The molecular weight excluding hydrogens is 398 g/mol. The number of benzene rings is 2. The monoisotopic (exact) mass is 417 g/mol. The lowest BCUT2D eigenvalue weighted by atomic mass is 10.1. The molecule has 0 saturated heterocycles. The van der Waals surface area contributed by atoms with Gasteiger partial charge in [0.25, 0.3) is 11.8 Å². The zero-order valence-electron chi connectivity index (χ0n) is 15.8. The van der Waals surface area contributed by atoms with E-state index in [0.29, 0.717) is 10.6 Å². The molecule has 0 radical (unpaired) electrons. The van der Waals surface area contributed by atoms with Crippen LogP contribution in [-0.2, 0) is 14.3 Å². The van der Waals surface area contributed by atoms with Crippen molar-refractivity contribution in [3.8, 4) is 0 Å². The third kappa shape index (κ3) is 6.32. The average Bonchev–Trinajstić information content (AvgIpc) is 2.71. The van der Waals surface area contributed by atoms with E-state index in [9.17, 15) is 19.2 Å². The van der Waals surface area contributed by atoms with E-state index in [2.05, 4.69) is 20.7 Å². The zero-order chi connectivity index (χ0) is 21.4. The summed E-state index contributed by atoms with van der Waals surface area (Å²) in [6.07, 6.45) is 0. The highest BCUT2D eigenvalue weighted by atomic mass is 35.5. The van der Waals surface area contributed by atoms with Crippen molar-refractivity contribution in [1.82, 2.24) is 10.6 Å². The van der Waals surface area contributed by atoms with Gasteiger partial charge in [0.2, 0.25) is 5.91 Å². The number of halogens is 1. The van der Waals surface area contributed by atoms with Crippen LogP contribution in [0.3, 0.4) is 0 Å². The first-order valence-electron chi connectivity index (χ1n) is 8.63. The van der Waals surface area contributed by atoms with Gasteiger partial charge in [0.05, 0.1) is 24.9 Å². The van der Waals surface area contributed by atoms with E-state index < -0.39 is 29.7 Å². The molecule has 29 heavy (non-hydrogen) atoms. The summed E-state index contributed by atoms with van der Waals surface area (Å²) in [5, 5.41) is 7.92. The van der Waals surface area contributed by atoms with Crippen LogP contribution in [-0.4, -0.2) is 43.4 Å². The average molecular weight is 418 g/mol. The fourth-order valence-corrected chi connectivity index (χ4v) is 2.59. The number of hydrogen-bond acceptors (Lipinski definition) is 5. The third-order valence-electron chi connectivity index (χ3n) is 3.85. The fourth-order valence-electron chi connectivity index (χ4n) is 2.40. The second-order valence-corrected chi connectivity index (χ2v) is 6.44. The molecule has 8 nitrogen and oxygen atoms in total. The SMILES string of the molecule is COC(=O)C(C)NC(=O)CNC(=O)c1ccccc1NC(=O)c1cccc(Cl)c1. The van der Waals surface area contributed by atoms with E-state index in [0.717, 1.165) is 0 Å². The van der Waals surface area contributed by atoms with Gasteiger partial charge in [0.1, 0.15) is 6.04 Å². The smallest absolute Gasteiger partial charge is 0.328 e. The molecule has 1 atom stereocenters. The summed E-state index contributed by atoms with van der Waals surface area (Å²) in [5.41, 5.74) is 0.791. The standard InChI is InChI=1S/C20H20ClN3O5/c1-12(20(28)29-2)23-17(25)11-22-19(27)15-8-3-4-9-16(15)24-18(26)13-6-5-7-14(21)10-13/h3-10,12H,11H2,1-2H3,(H,22,27)(H,23,25)(H,24,26). The molecular formula is C20H20ClN3O5. The Bertz CT molecular complexity index is 932. The lowest BCUT2D eigenvalue weighted by Gasteiger charge is -2.13. The molecule has 0 saturated carbocycles. The molecule has 0 fully saturated rings. The minimum atomic E-state index is -0.839. The van der Waals surface area contributed by atoms with E-state index in [1.807, 2.05) is 0 Å². The van der Waals surface area contributed by atoms with Crippen LogP contribution in [0.1, 0.15) is 27.6 Å². The van der Waals surface area contributed by atoms with E-state index in [4.69, 9.17) is 11.6 Å². The minimum Gasteiger partial charge on any atom is -0.467 e. The number of carbonyl (C=O) groups excluding carboxylic acids is 4. The molecule has 2 aromatic carbocycles. The topological polar surface area (TPSA) is 114 Å². The van der Waals surface area contributed by atoms with Crippen molar-refractivity contribution >= 4 is 41.0 Å². The van der Waals surface area contributed by atoms with Crippen LogP contribution in [0.2, 0.25) is 5.02 Å². The molecule has 0 heterocycles. The van der Waals surface area contributed by atoms with Crippen molar-refractivity contribution in [2.45, 2.75) is 13.0 Å². The second kappa shape index (κ2) is 10.2. The first-order valence-corrected chi connectivity index (χ1v) is 9.01.